The van der Waals surface area contributed by atoms with Gasteiger partial charge in [-0.3, -0.25) is 4.79 Å². The molecule has 0 radical (unpaired) electrons. The van der Waals surface area contributed by atoms with E-state index in [9.17, 15) is 4.79 Å². The van der Waals surface area contributed by atoms with Crippen molar-refractivity contribution in [3.05, 3.63) is 0 Å². The highest BCUT2D eigenvalue weighted by Crippen LogP contribution is 2.23. The van der Waals surface area contributed by atoms with Crippen molar-refractivity contribution in [3.8, 4) is 0 Å². The molecule has 1 unspecified atom stereocenters. The van der Waals surface area contributed by atoms with Gasteiger partial charge in [-0.25, -0.2) is 0 Å². The highest BCUT2D eigenvalue weighted by atomic mass is 16.5. The molecule has 0 bridgehead atoms. The number of amides is 1. The van der Waals surface area contributed by atoms with E-state index in [1.807, 2.05) is 20.8 Å². The number of carbonyl (C=O) groups excluding carboxylic acids is 1. The van der Waals surface area contributed by atoms with Crippen LogP contribution < -0.4 is 11.1 Å². The minimum absolute atomic E-state index is 0.0650. The molecule has 1 aliphatic heterocycles. The second kappa shape index (κ2) is 5.15. The van der Waals surface area contributed by atoms with Crippen LogP contribution >= 0.6 is 0 Å². The predicted octanol–water partition coefficient (Wildman–Crippen LogP) is 1.19. The molecule has 0 aromatic carbocycles. The zero-order chi connectivity index (χ0) is 12.2. The fourth-order valence-electron chi connectivity index (χ4n) is 1.79. The van der Waals surface area contributed by atoms with Gasteiger partial charge in [0.2, 0.25) is 5.91 Å². The molecule has 3 N–H and O–H groups in total. The summed E-state index contributed by atoms with van der Waals surface area (Å²) in [6.07, 6.45) is 3.30. The molecule has 1 atom stereocenters. The van der Waals surface area contributed by atoms with Crippen molar-refractivity contribution in [1.29, 1.82) is 0 Å². The maximum absolute atomic E-state index is 11.6. The van der Waals surface area contributed by atoms with Gasteiger partial charge in [-0.15, -0.1) is 0 Å². The van der Waals surface area contributed by atoms with Crippen molar-refractivity contribution in [2.24, 2.45) is 5.73 Å². The highest BCUT2D eigenvalue weighted by molar-refractivity contribution is 5.76. The Labute approximate surface area is 97.9 Å². The first-order chi connectivity index (χ1) is 7.31. The summed E-state index contributed by atoms with van der Waals surface area (Å²) in [6, 6.07) is 0. The zero-order valence-corrected chi connectivity index (χ0v) is 10.6. The van der Waals surface area contributed by atoms with Crippen LogP contribution in [0.2, 0.25) is 0 Å². The Hall–Kier alpha value is -0.610. The summed E-state index contributed by atoms with van der Waals surface area (Å²) in [6.45, 7) is 7.33. The minimum atomic E-state index is -0.273. The van der Waals surface area contributed by atoms with Crippen molar-refractivity contribution >= 4 is 5.91 Å². The monoisotopic (exact) mass is 228 g/mol. The first kappa shape index (κ1) is 13.5. The smallest absolute Gasteiger partial charge is 0.220 e. The third-order valence-electron chi connectivity index (χ3n) is 2.96. The number of rotatable bonds is 5. The number of hydrogen-bond donors (Lipinski definition) is 2. The quantitative estimate of drug-likeness (QED) is 0.743. The Morgan fingerprint density at radius 3 is 2.75 bits per heavy atom. The maximum atomic E-state index is 11.6. The van der Waals surface area contributed by atoms with Gasteiger partial charge in [-0.1, -0.05) is 0 Å². The van der Waals surface area contributed by atoms with E-state index in [-0.39, 0.29) is 17.0 Å². The Kier molecular flexibility index (Phi) is 4.33. The molecular weight excluding hydrogens is 204 g/mol. The number of ether oxygens (including phenoxy) is 1. The summed E-state index contributed by atoms with van der Waals surface area (Å²) in [5.41, 5.74) is 5.39. The Bertz CT molecular complexity index is 240. The van der Waals surface area contributed by atoms with Gasteiger partial charge in [-0.2, -0.15) is 0 Å². The van der Waals surface area contributed by atoms with Gasteiger partial charge < -0.3 is 15.8 Å². The Morgan fingerprint density at radius 2 is 2.25 bits per heavy atom. The number of nitrogens with one attached hydrogen (secondary N) is 1. The van der Waals surface area contributed by atoms with Crippen LogP contribution in [0.5, 0.6) is 0 Å². The molecule has 1 amide bonds. The van der Waals surface area contributed by atoms with Crippen molar-refractivity contribution in [2.45, 2.75) is 57.6 Å². The maximum Gasteiger partial charge on any atom is 0.220 e. The van der Waals surface area contributed by atoms with E-state index < -0.39 is 0 Å². The van der Waals surface area contributed by atoms with Crippen LogP contribution in [0.25, 0.3) is 0 Å². The summed E-state index contributed by atoms with van der Waals surface area (Å²) in [4.78, 5) is 11.6. The van der Waals surface area contributed by atoms with Crippen molar-refractivity contribution in [1.82, 2.24) is 5.32 Å². The highest BCUT2D eigenvalue weighted by Gasteiger charge is 2.30. The third-order valence-corrected chi connectivity index (χ3v) is 2.96. The summed E-state index contributed by atoms with van der Waals surface area (Å²) >= 11 is 0. The molecule has 1 saturated heterocycles. The molecule has 0 spiro atoms. The van der Waals surface area contributed by atoms with Crippen LogP contribution in [0.4, 0.5) is 0 Å². The SMILES string of the molecule is CC(C)(N)CCC(=O)NCC1(C)CCCO1. The molecular formula is C12H24N2O2. The van der Waals surface area contributed by atoms with Crippen molar-refractivity contribution in [2.75, 3.05) is 13.2 Å². The van der Waals surface area contributed by atoms with E-state index in [0.29, 0.717) is 19.4 Å². The largest absolute Gasteiger partial charge is 0.373 e. The number of carbonyl (C=O) groups is 1. The van der Waals surface area contributed by atoms with Gasteiger partial charge >= 0.3 is 0 Å². The van der Waals surface area contributed by atoms with Crippen LogP contribution in [0, 0.1) is 0 Å². The van der Waals surface area contributed by atoms with Crippen LogP contribution in [-0.4, -0.2) is 30.2 Å². The predicted molar refractivity (Wildman–Crippen MR) is 64.1 cm³/mol. The fourth-order valence-corrected chi connectivity index (χ4v) is 1.79. The Morgan fingerprint density at radius 1 is 1.56 bits per heavy atom. The molecule has 0 aromatic heterocycles. The van der Waals surface area contributed by atoms with Crippen molar-refractivity contribution < 1.29 is 9.53 Å². The molecule has 4 nitrogen and oxygen atoms in total. The molecule has 1 fully saturated rings. The van der Waals surface area contributed by atoms with Gasteiger partial charge in [0.1, 0.15) is 0 Å². The van der Waals surface area contributed by atoms with Gasteiger partial charge in [0.15, 0.2) is 0 Å². The molecule has 94 valence electrons. The summed E-state index contributed by atoms with van der Waals surface area (Å²) in [5.74, 6) is 0.0650. The van der Waals surface area contributed by atoms with Gasteiger partial charge in [0.05, 0.1) is 5.60 Å². The molecule has 0 aromatic rings. The molecule has 1 heterocycles. The molecule has 0 saturated carbocycles. The lowest BCUT2D eigenvalue weighted by Crippen LogP contribution is -2.41. The molecule has 4 heteroatoms. The van der Waals surface area contributed by atoms with E-state index in [1.165, 1.54) is 0 Å². The van der Waals surface area contributed by atoms with Crippen LogP contribution in [-0.2, 0) is 9.53 Å². The number of nitrogens with two attached hydrogens (primary N) is 1. The van der Waals surface area contributed by atoms with E-state index in [2.05, 4.69) is 5.32 Å². The lowest BCUT2D eigenvalue weighted by molar-refractivity contribution is -0.122. The van der Waals surface area contributed by atoms with Crippen LogP contribution in [0.3, 0.4) is 0 Å². The van der Waals surface area contributed by atoms with Crippen LogP contribution in [0.15, 0.2) is 0 Å². The van der Waals surface area contributed by atoms with E-state index in [1.54, 1.807) is 0 Å². The Balaban J connectivity index is 2.20. The summed E-state index contributed by atoms with van der Waals surface area (Å²) < 4.78 is 5.60. The summed E-state index contributed by atoms with van der Waals surface area (Å²) in [5, 5.41) is 2.92. The lowest BCUT2D eigenvalue weighted by Gasteiger charge is -2.24. The van der Waals surface area contributed by atoms with E-state index >= 15 is 0 Å². The molecule has 1 aliphatic rings. The van der Waals surface area contributed by atoms with E-state index in [4.69, 9.17) is 10.5 Å². The second-order valence-electron chi connectivity index (χ2n) is 5.67. The average molecular weight is 228 g/mol. The normalized spacial score (nSPS) is 25.8. The lowest BCUT2D eigenvalue weighted by atomic mass is 9.99. The minimum Gasteiger partial charge on any atom is -0.373 e. The first-order valence-electron chi connectivity index (χ1n) is 6.00. The third kappa shape index (κ3) is 4.94. The van der Waals surface area contributed by atoms with E-state index in [0.717, 1.165) is 19.4 Å². The number of hydrogen-bond acceptors (Lipinski definition) is 3. The van der Waals surface area contributed by atoms with Gasteiger partial charge in [0.25, 0.3) is 0 Å². The second-order valence-corrected chi connectivity index (χ2v) is 5.67. The standard InChI is InChI=1S/C12H24N2O2/c1-11(2,13)7-5-10(15)14-9-12(3)6-4-8-16-12/h4-9,13H2,1-3H3,(H,14,15). The zero-order valence-electron chi connectivity index (χ0n) is 10.6. The van der Waals surface area contributed by atoms with Crippen molar-refractivity contribution in [3.63, 3.8) is 0 Å². The molecule has 1 rings (SSSR count). The van der Waals surface area contributed by atoms with Gasteiger partial charge in [-0.05, 0) is 40.0 Å². The topological polar surface area (TPSA) is 64.4 Å². The van der Waals surface area contributed by atoms with Crippen LogP contribution in [0.1, 0.15) is 46.5 Å². The average Bonchev–Trinajstić information content (AvgIpc) is 2.59. The molecule has 0 aliphatic carbocycles. The molecule has 16 heavy (non-hydrogen) atoms. The fraction of sp³-hybridized carbons (Fsp3) is 0.917. The summed E-state index contributed by atoms with van der Waals surface area (Å²) in [7, 11) is 0. The van der Waals surface area contributed by atoms with Gasteiger partial charge in [0, 0.05) is 25.1 Å². The first-order valence-corrected chi connectivity index (χ1v) is 6.00.